The Kier molecular flexibility index (Phi) is 4.89. The predicted molar refractivity (Wildman–Crippen MR) is 104 cm³/mol. The molecule has 11 heteroatoms. The number of non-ortho nitro benzene ring substituents is 1. The summed E-state index contributed by atoms with van der Waals surface area (Å²) in [5.74, 6) is 2.21. The number of hydrogen-bond acceptors (Lipinski definition) is 9. The third kappa shape index (κ3) is 3.63. The van der Waals surface area contributed by atoms with Gasteiger partial charge >= 0.3 is 0 Å². The molecule has 3 aromatic heterocycles. The Balaban J connectivity index is 1.51. The smallest absolute Gasteiger partial charge is 0.269 e. The van der Waals surface area contributed by atoms with Crippen LogP contribution in [0.3, 0.4) is 0 Å². The lowest BCUT2D eigenvalue weighted by molar-refractivity contribution is -0.384. The summed E-state index contributed by atoms with van der Waals surface area (Å²) in [7, 11) is 1.88. The van der Waals surface area contributed by atoms with E-state index in [0.29, 0.717) is 28.3 Å². The van der Waals surface area contributed by atoms with Crippen molar-refractivity contribution < 1.29 is 13.8 Å². The Morgan fingerprint density at radius 1 is 1.14 bits per heavy atom. The summed E-state index contributed by atoms with van der Waals surface area (Å²) in [6.07, 6.45) is 1.62. The molecule has 4 aromatic rings. The molecule has 3 heterocycles. The number of aromatic nitrogens is 5. The van der Waals surface area contributed by atoms with E-state index in [9.17, 15) is 10.1 Å². The zero-order valence-corrected chi connectivity index (χ0v) is 16.6. The molecule has 148 valence electrons. The van der Waals surface area contributed by atoms with Crippen LogP contribution in [0.2, 0.25) is 0 Å². The number of nitro groups is 1. The Morgan fingerprint density at radius 3 is 2.55 bits per heavy atom. The molecule has 1 aromatic carbocycles. The highest BCUT2D eigenvalue weighted by atomic mass is 32.2. The number of benzene rings is 1. The van der Waals surface area contributed by atoms with Gasteiger partial charge in [-0.1, -0.05) is 11.8 Å². The molecule has 29 heavy (non-hydrogen) atoms. The van der Waals surface area contributed by atoms with Gasteiger partial charge in [0, 0.05) is 24.7 Å². The van der Waals surface area contributed by atoms with Crippen LogP contribution in [0, 0.1) is 17.0 Å². The van der Waals surface area contributed by atoms with Crippen molar-refractivity contribution in [3.05, 3.63) is 58.4 Å². The van der Waals surface area contributed by atoms with Gasteiger partial charge < -0.3 is 13.4 Å². The van der Waals surface area contributed by atoms with Crippen LogP contribution in [0.1, 0.15) is 23.8 Å². The maximum absolute atomic E-state index is 10.8. The lowest BCUT2D eigenvalue weighted by atomic mass is 10.2. The van der Waals surface area contributed by atoms with E-state index in [-0.39, 0.29) is 10.9 Å². The molecule has 0 saturated heterocycles. The first-order valence-electron chi connectivity index (χ1n) is 8.62. The molecule has 0 unspecified atom stereocenters. The van der Waals surface area contributed by atoms with Gasteiger partial charge in [0.15, 0.2) is 11.0 Å². The lowest BCUT2D eigenvalue weighted by Gasteiger charge is -2.06. The Morgan fingerprint density at radius 2 is 1.90 bits per heavy atom. The van der Waals surface area contributed by atoms with Crippen molar-refractivity contribution in [3.63, 3.8) is 0 Å². The van der Waals surface area contributed by atoms with E-state index in [1.807, 2.05) is 31.5 Å². The molecule has 1 atom stereocenters. The van der Waals surface area contributed by atoms with E-state index < -0.39 is 4.92 Å². The lowest BCUT2D eigenvalue weighted by Crippen LogP contribution is -1.97. The fraction of sp³-hybridized carbons (Fsp3) is 0.222. The van der Waals surface area contributed by atoms with Gasteiger partial charge in [-0.2, -0.15) is 0 Å². The fourth-order valence-corrected chi connectivity index (χ4v) is 3.56. The highest BCUT2D eigenvalue weighted by Crippen LogP contribution is 2.35. The molecule has 0 saturated carbocycles. The fourth-order valence-electron chi connectivity index (χ4n) is 2.72. The van der Waals surface area contributed by atoms with Gasteiger partial charge in [0.25, 0.3) is 5.69 Å². The Labute approximate surface area is 169 Å². The second-order valence-electron chi connectivity index (χ2n) is 6.27. The minimum Gasteiger partial charge on any atom is -0.469 e. The van der Waals surface area contributed by atoms with Crippen LogP contribution in [0.4, 0.5) is 5.69 Å². The third-order valence-electron chi connectivity index (χ3n) is 4.33. The average molecular weight is 412 g/mol. The first-order chi connectivity index (χ1) is 13.9. The summed E-state index contributed by atoms with van der Waals surface area (Å²) in [5, 5.41) is 28.0. The number of nitro benzene ring substituents is 1. The predicted octanol–water partition coefficient (Wildman–Crippen LogP) is 4.20. The normalized spacial score (nSPS) is 12.2. The zero-order chi connectivity index (χ0) is 20.5. The number of furan rings is 1. The SMILES string of the molecule is Cc1occc1-c1nnc(S[C@@H](C)c2nnc(-c3ccc([N+](=O)[O-])cc3)o2)n1C. The number of rotatable bonds is 6. The van der Waals surface area contributed by atoms with Crippen molar-refractivity contribution in [2.45, 2.75) is 24.3 Å². The Hall–Kier alpha value is -3.47. The monoisotopic (exact) mass is 412 g/mol. The first kappa shape index (κ1) is 18.9. The van der Waals surface area contributed by atoms with Crippen molar-refractivity contribution in [3.8, 4) is 22.8 Å². The zero-order valence-electron chi connectivity index (χ0n) is 15.8. The second-order valence-corrected chi connectivity index (χ2v) is 7.57. The minimum atomic E-state index is -0.456. The molecule has 0 aliphatic carbocycles. The van der Waals surface area contributed by atoms with Crippen LogP contribution in [0.5, 0.6) is 0 Å². The quantitative estimate of drug-likeness (QED) is 0.260. The summed E-state index contributed by atoms with van der Waals surface area (Å²) < 4.78 is 13.0. The third-order valence-corrected chi connectivity index (χ3v) is 5.45. The van der Waals surface area contributed by atoms with Crippen LogP contribution in [0.15, 0.2) is 50.6 Å². The van der Waals surface area contributed by atoms with Crippen LogP contribution in [-0.4, -0.2) is 29.9 Å². The van der Waals surface area contributed by atoms with Crippen molar-refractivity contribution >= 4 is 17.4 Å². The summed E-state index contributed by atoms with van der Waals surface area (Å²) in [6.45, 7) is 3.80. The molecule has 0 N–H and O–H groups in total. The molecule has 0 radical (unpaired) electrons. The highest BCUT2D eigenvalue weighted by molar-refractivity contribution is 7.99. The van der Waals surface area contributed by atoms with Gasteiger partial charge in [-0.05, 0) is 32.0 Å². The number of thioether (sulfide) groups is 1. The molecule has 0 spiro atoms. The van der Waals surface area contributed by atoms with Crippen LogP contribution in [0.25, 0.3) is 22.8 Å². The highest BCUT2D eigenvalue weighted by Gasteiger charge is 2.21. The van der Waals surface area contributed by atoms with Gasteiger partial charge in [-0.15, -0.1) is 20.4 Å². The van der Waals surface area contributed by atoms with Crippen molar-refractivity contribution in [2.75, 3.05) is 0 Å². The maximum atomic E-state index is 10.8. The van der Waals surface area contributed by atoms with E-state index in [4.69, 9.17) is 8.83 Å². The molecule has 0 bridgehead atoms. The molecule has 0 aliphatic heterocycles. The largest absolute Gasteiger partial charge is 0.469 e. The van der Waals surface area contributed by atoms with E-state index in [1.54, 1.807) is 18.4 Å². The van der Waals surface area contributed by atoms with Gasteiger partial charge in [-0.3, -0.25) is 10.1 Å². The molecule has 0 fully saturated rings. The summed E-state index contributed by atoms with van der Waals surface area (Å²) in [6, 6.07) is 7.81. The summed E-state index contributed by atoms with van der Waals surface area (Å²) in [5.41, 5.74) is 1.50. The van der Waals surface area contributed by atoms with Crippen molar-refractivity contribution in [1.29, 1.82) is 0 Å². The van der Waals surface area contributed by atoms with Gasteiger partial charge in [0.1, 0.15) is 5.76 Å². The van der Waals surface area contributed by atoms with E-state index >= 15 is 0 Å². The van der Waals surface area contributed by atoms with Crippen LogP contribution in [-0.2, 0) is 7.05 Å². The van der Waals surface area contributed by atoms with Crippen LogP contribution >= 0.6 is 11.8 Å². The van der Waals surface area contributed by atoms with Gasteiger partial charge in [0.05, 0.1) is 22.0 Å². The molecule has 4 rings (SSSR count). The average Bonchev–Trinajstić information content (AvgIpc) is 3.43. The number of hydrogen-bond donors (Lipinski definition) is 0. The second kappa shape index (κ2) is 7.51. The molecular weight excluding hydrogens is 396 g/mol. The van der Waals surface area contributed by atoms with Gasteiger partial charge in [-0.25, -0.2) is 0 Å². The van der Waals surface area contributed by atoms with Crippen LogP contribution < -0.4 is 0 Å². The maximum Gasteiger partial charge on any atom is 0.269 e. The van der Waals surface area contributed by atoms with E-state index in [2.05, 4.69) is 20.4 Å². The molecular formula is C18H16N6O4S. The molecule has 10 nitrogen and oxygen atoms in total. The molecule has 0 amide bonds. The topological polar surface area (TPSA) is 126 Å². The summed E-state index contributed by atoms with van der Waals surface area (Å²) in [4.78, 5) is 10.3. The van der Waals surface area contributed by atoms with E-state index in [1.165, 1.54) is 23.9 Å². The standard InChI is InChI=1S/C18H16N6O4S/c1-10-14(8-9-27-10)15-19-22-18(23(15)3)29-11(2)16-20-21-17(28-16)12-4-6-13(7-5-12)24(25)26/h4-9,11H,1-3H3/t11-/m0/s1. The van der Waals surface area contributed by atoms with E-state index in [0.717, 1.165) is 11.3 Å². The number of aryl methyl sites for hydroxylation is 1. The molecule has 0 aliphatic rings. The van der Waals surface area contributed by atoms with Crippen molar-refractivity contribution in [1.82, 2.24) is 25.0 Å². The van der Waals surface area contributed by atoms with Gasteiger partial charge in [0.2, 0.25) is 11.8 Å². The van der Waals surface area contributed by atoms with Crippen molar-refractivity contribution in [2.24, 2.45) is 7.05 Å². The first-order valence-corrected chi connectivity index (χ1v) is 9.50. The Bertz CT molecular complexity index is 1160. The summed E-state index contributed by atoms with van der Waals surface area (Å²) >= 11 is 1.44. The number of nitrogens with zero attached hydrogens (tertiary/aromatic N) is 6. The minimum absolute atomic E-state index is 0.00311.